The van der Waals surface area contributed by atoms with Gasteiger partial charge in [-0.15, -0.1) is 0 Å². The molecule has 0 bridgehead atoms. The third-order valence-corrected chi connectivity index (χ3v) is 8.05. The molecule has 0 N–H and O–H groups in total. The fourth-order valence-corrected chi connectivity index (χ4v) is 5.92. The molecule has 0 radical (unpaired) electrons. The average Bonchev–Trinajstić information content (AvgIpc) is 2.82. The summed E-state index contributed by atoms with van der Waals surface area (Å²) in [6.45, 7) is -0.342. The maximum Gasteiger partial charge on any atom is 0.319 e. The lowest BCUT2D eigenvalue weighted by Crippen LogP contribution is -2.09. The highest BCUT2D eigenvalue weighted by molar-refractivity contribution is 7.33. The van der Waals surface area contributed by atoms with Gasteiger partial charge in [0.25, 0.3) is 0 Å². The highest BCUT2D eigenvalue weighted by Crippen LogP contribution is 2.29. The standard InChI is InChI=1S/C26H47O5P/c27-25(19-11-3-9-17-23-13-5-1-6-14-23)21-30-32(29)31-22-26(28)20-12-4-10-18-24-15-7-2-8-16-24/h23-24,32H,1-22H2. The van der Waals surface area contributed by atoms with Gasteiger partial charge in [-0.3, -0.25) is 14.2 Å². The van der Waals surface area contributed by atoms with Gasteiger partial charge in [0.2, 0.25) is 0 Å². The molecule has 0 aromatic rings. The predicted octanol–water partition coefficient (Wildman–Crippen LogP) is 7.61. The van der Waals surface area contributed by atoms with Gasteiger partial charge >= 0.3 is 8.25 Å². The third kappa shape index (κ3) is 13.9. The molecule has 0 atom stereocenters. The smallest absolute Gasteiger partial charge is 0.303 e. The van der Waals surface area contributed by atoms with Crippen LogP contribution in [0.4, 0.5) is 0 Å². The summed E-state index contributed by atoms with van der Waals surface area (Å²) in [5.74, 6) is 1.73. The molecule has 2 aliphatic carbocycles. The minimum atomic E-state index is -2.77. The molecule has 2 fully saturated rings. The van der Waals surface area contributed by atoms with E-state index in [1.54, 1.807) is 0 Å². The Morgan fingerprint density at radius 1 is 0.594 bits per heavy atom. The quantitative estimate of drug-likeness (QED) is 0.152. The van der Waals surface area contributed by atoms with Crippen molar-refractivity contribution in [2.45, 2.75) is 128 Å². The zero-order valence-corrected chi connectivity index (χ0v) is 21.3. The molecule has 186 valence electrons. The number of carbonyl (C=O) groups is 2. The molecule has 5 nitrogen and oxygen atoms in total. The average molecular weight is 471 g/mol. The van der Waals surface area contributed by atoms with Gasteiger partial charge in [-0.05, 0) is 24.7 Å². The Bertz CT molecular complexity index is 492. The number of unbranched alkanes of at least 4 members (excludes halogenated alkanes) is 4. The minimum Gasteiger partial charge on any atom is -0.303 e. The van der Waals surface area contributed by atoms with Crippen LogP contribution in [0.2, 0.25) is 0 Å². The number of hydrogen-bond acceptors (Lipinski definition) is 5. The zero-order valence-electron chi connectivity index (χ0n) is 20.3. The zero-order chi connectivity index (χ0) is 22.9. The molecule has 0 aromatic carbocycles. The van der Waals surface area contributed by atoms with Crippen LogP contribution in [0.1, 0.15) is 128 Å². The molecule has 32 heavy (non-hydrogen) atoms. The van der Waals surface area contributed by atoms with E-state index in [1.807, 2.05) is 0 Å². The second kappa shape index (κ2) is 17.9. The first-order chi connectivity index (χ1) is 15.6. The molecular weight excluding hydrogens is 423 g/mol. The Kier molecular flexibility index (Phi) is 15.5. The molecule has 2 aliphatic rings. The fourth-order valence-electron chi connectivity index (χ4n) is 5.28. The second-order valence-corrected chi connectivity index (χ2v) is 11.2. The van der Waals surface area contributed by atoms with Crippen molar-refractivity contribution in [2.24, 2.45) is 11.8 Å². The van der Waals surface area contributed by atoms with E-state index in [0.29, 0.717) is 12.8 Å². The summed E-state index contributed by atoms with van der Waals surface area (Å²) in [5.41, 5.74) is 0. The molecule has 0 amide bonds. The lowest BCUT2D eigenvalue weighted by Gasteiger charge is -2.21. The van der Waals surface area contributed by atoms with Crippen molar-refractivity contribution < 1.29 is 23.2 Å². The molecule has 2 rings (SSSR count). The molecular formula is C26H47O5P. The largest absolute Gasteiger partial charge is 0.319 e. The molecule has 0 saturated heterocycles. The van der Waals surface area contributed by atoms with E-state index < -0.39 is 8.25 Å². The highest BCUT2D eigenvalue weighted by Gasteiger charge is 2.14. The van der Waals surface area contributed by atoms with Crippen LogP contribution < -0.4 is 0 Å². The van der Waals surface area contributed by atoms with Crippen LogP contribution in [0.15, 0.2) is 0 Å². The van der Waals surface area contributed by atoms with Crippen LogP contribution in [0.25, 0.3) is 0 Å². The Labute approximate surface area is 196 Å². The summed E-state index contributed by atoms with van der Waals surface area (Å²) in [6, 6.07) is 0. The maximum atomic E-state index is 11.9. The SMILES string of the molecule is O=C(CCCCCC1CCCCC1)CO[PH](=O)OCC(=O)CCCCCC1CCCCC1. The van der Waals surface area contributed by atoms with Crippen LogP contribution in [0, 0.1) is 11.8 Å². The summed E-state index contributed by atoms with van der Waals surface area (Å²) in [5, 5.41) is 0. The summed E-state index contributed by atoms with van der Waals surface area (Å²) in [6.07, 6.45) is 23.6. The van der Waals surface area contributed by atoms with E-state index in [9.17, 15) is 14.2 Å². The maximum absolute atomic E-state index is 11.9. The summed E-state index contributed by atoms with van der Waals surface area (Å²) in [4.78, 5) is 23.8. The number of carbonyl (C=O) groups excluding carboxylic acids is 2. The second-order valence-electron chi connectivity index (χ2n) is 10.1. The number of rotatable bonds is 18. The number of hydrogen-bond donors (Lipinski definition) is 0. The van der Waals surface area contributed by atoms with Crippen molar-refractivity contribution in [3.63, 3.8) is 0 Å². The molecule has 0 heterocycles. The Morgan fingerprint density at radius 3 is 1.41 bits per heavy atom. The summed E-state index contributed by atoms with van der Waals surface area (Å²) < 4.78 is 21.9. The van der Waals surface area contributed by atoms with Crippen LogP contribution >= 0.6 is 8.25 Å². The van der Waals surface area contributed by atoms with Crippen LogP contribution in [-0.2, 0) is 23.2 Å². The first-order valence-corrected chi connectivity index (χ1v) is 14.7. The van der Waals surface area contributed by atoms with Gasteiger partial charge in [-0.25, -0.2) is 0 Å². The molecule has 2 saturated carbocycles. The molecule has 0 aromatic heterocycles. The van der Waals surface area contributed by atoms with Crippen molar-refractivity contribution in [1.82, 2.24) is 0 Å². The van der Waals surface area contributed by atoms with Crippen LogP contribution in [0.3, 0.4) is 0 Å². The van der Waals surface area contributed by atoms with Gasteiger partial charge in [0, 0.05) is 12.8 Å². The summed E-state index contributed by atoms with van der Waals surface area (Å²) >= 11 is 0. The van der Waals surface area contributed by atoms with Crippen molar-refractivity contribution in [1.29, 1.82) is 0 Å². The molecule has 0 unspecified atom stereocenters. The van der Waals surface area contributed by atoms with Crippen molar-refractivity contribution >= 4 is 19.8 Å². The monoisotopic (exact) mass is 470 g/mol. The van der Waals surface area contributed by atoms with Crippen molar-refractivity contribution in [2.75, 3.05) is 13.2 Å². The van der Waals surface area contributed by atoms with E-state index in [2.05, 4.69) is 0 Å². The Hall–Kier alpha value is -0.510. The van der Waals surface area contributed by atoms with Gasteiger partial charge in [0.1, 0.15) is 13.2 Å². The van der Waals surface area contributed by atoms with Crippen molar-refractivity contribution in [3.05, 3.63) is 0 Å². The van der Waals surface area contributed by atoms with E-state index in [1.165, 1.54) is 89.9 Å². The lowest BCUT2D eigenvalue weighted by atomic mass is 9.85. The first kappa shape index (κ1) is 27.7. The van der Waals surface area contributed by atoms with E-state index >= 15 is 0 Å². The van der Waals surface area contributed by atoms with Crippen LogP contribution in [0.5, 0.6) is 0 Å². The number of Topliss-reactive ketones (excluding diaryl/α,β-unsaturated/α-hetero) is 2. The normalized spacial score (nSPS) is 18.3. The van der Waals surface area contributed by atoms with E-state index in [-0.39, 0.29) is 24.8 Å². The van der Waals surface area contributed by atoms with Gasteiger partial charge in [0.05, 0.1) is 0 Å². The first-order valence-electron chi connectivity index (χ1n) is 13.5. The fraction of sp³-hybridized carbons (Fsp3) is 0.923. The molecule has 0 aliphatic heterocycles. The van der Waals surface area contributed by atoms with E-state index in [0.717, 1.165) is 37.5 Å². The highest BCUT2D eigenvalue weighted by atomic mass is 31.1. The topological polar surface area (TPSA) is 69.7 Å². The molecule has 6 heteroatoms. The van der Waals surface area contributed by atoms with Gasteiger partial charge in [-0.1, -0.05) is 103 Å². The van der Waals surface area contributed by atoms with E-state index in [4.69, 9.17) is 9.05 Å². The molecule has 0 spiro atoms. The van der Waals surface area contributed by atoms with Gasteiger partial charge < -0.3 is 9.05 Å². The number of ketones is 2. The minimum absolute atomic E-state index is 0.0334. The Balaban J connectivity index is 1.37. The third-order valence-electron chi connectivity index (χ3n) is 7.29. The predicted molar refractivity (Wildman–Crippen MR) is 130 cm³/mol. The van der Waals surface area contributed by atoms with Gasteiger partial charge in [-0.2, -0.15) is 0 Å². The van der Waals surface area contributed by atoms with Gasteiger partial charge in [0.15, 0.2) is 11.6 Å². The Morgan fingerprint density at radius 2 is 1.00 bits per heavy atom. The van der Waals surface area contributed by atoms with Crippen molar-refractivity contribution in [3.8, 4) is 0 Å². The lowest BCUT2D eigenvalue weighted by molar-refractivity contribution is -0.121. The van der Waals surface area contributed by atoms with Crippen LogP contribution in [-0.4, -0.2) is 24.8 Å². The summed E-state index contributed by atoms with van der Waals surface area (Å²) in [7, 11) is -2.77.